The highest BCUT2D eigenvalue weighted by molar-refractivity contribution is 9.10. The number of halogens is 2. The lowest BCUT2D eigenvalue weighted by atomic mass is 10.0. The fraction of sp³-hybridized carbons (Fsp3) is 0.294. The van der Waals surface area contributed by atoms with E-state index >= 15 is 0 Å². The summed E-state index contributed by atoms with van der Waals surface area (Å²) in [5.74, 6) is 0. The van der Waals surface area contributed by atoms with Crippen LogP contribution in [0, 0.1) is 0 Å². The Balaban J connectivity index is 2.19. The molecule has 1 atom stereocenters. The zero-order valence-corrected chi connectivity index (χ0v) is 14.9. The standard InChI is InChI=1S/C17H20BrClN2/c1-4-16(12-5-7-13(18)8-6-12)20-14-9-10-17(21(2)3)15(19)11-14/h5-11,16,20H,4H2,1-3H3. The van der Waals surface area contributed by atoms with E-state index in [-0.39, 0.29) is 6.04 Å². The molecule has 4 heteroatoms. The third-order valence-corrected chi connectivity index (χ3v) is 4.28. The summed E-state index contributed by atoms with van der Waals surface area (Å²) in [6, 6.07) is 14.8. The molecule has 0 amide bonds. The van der Waals surface area contributed by atoms with Crippen LogP contribution >= 0.6 is 27.5 Å². The van der Waals surface area contributed by atoms with Gasteiger partial charge in [0.05, 0.1) is 16.8 Å². The molecule has 0 radical (unpaired) electrons. The van der Waals surface area contributed by atoms with E-state index in [4.69, 9.17) is 11.6 Å². The van der Waals surface area contributed by atoms with E-state index in [1.165, 1.54) is 5.56 Å². The van der Waals surface area contributed by atoms with Gasteiger partial charge in [-0.05, 0) is 42.3 Å². The number of hydrogen-bond acceptors (Lipinski definition) is 2. The van der Waals surface area contributed by atoms with Crippen molar-refractivity contribution in [2.75, 3.05) is 24.3 Å². The van der Waals surface area contributed by atoms with E-state index in [0.29, 0.717) is 0 Å². The lowest BCUT2D eigenvalue weighted by Crippen LogP contribution is -2.11. The van der Waals surface area contributed by atoms with Gasteiger partial charge in [0.1, 0.15) is 0 Å². The molecule has 2 aromatic rings. The summed E-state index contributed by atoms with van der Waals surface area (Å²) in [5, 5.41) is 4.31. The molecule has 0 aliphatic carbocycles. The van der Waals surface area contributed by atoms with Crippen LogP contribution in [0.15, 0.2) is 46.9 Å². The highest BCUT2D eigenvalue weighted by Gasteiger charge is 2.10. The smallest absolute Gasteiger partial charge is 0.0659 e. The number of benzene rings is 2. The van der Waals surface area contributed by atoms with Gasteiger partial charge in [-0.2, -0.15) is 0 Å². The molecule has 2 rings (SSSR count). The van der Waals surface area contributed by atoms with Gasteiger partial charge in [0, 0.05) is 24.3 Å². The van der Waals surface area contributed by atoms with Crippen molar-refractivity contribution in [3.05, 3.63) is 57.5 Å². The van der Waals surface area contributed by atoms with E-state index < -0.39 is 0 Å². The molecule has 0 bridgehead atoms. The Hall–Kier alpha value is -1.19. The molecule has 2 nitrogen and oxygen atoms in total. The summed E-state index contributed by atoms with van der Waals surface area (Å²) in [6.45, 7) is 2.18. The molecule has 0 saturated carbocycles. The van der Waals surface area contributed by atoms with Crippen molar-refractivity contribution in [1.29, 1.82) is 0 Å². The normalized spacial score (nSPS) is 12.0. The topological polar surface area (TPSA) is 15.3 Å². The van der Waals surface area contributed by atoms with Crippen LogP contribution in [0.2, 0.25) is 5.02 Å². The third-order valence-electron chi connectivity index (χ3n) is 3.45. The van der Waals surface area contributed by atoms with Crippen LogP contribution in [-0.4, -0.2) is 14.1 Å². The predicted octanol–water partition coefficient (Wildman–Crippen LogP) is 5.73. The van der Waals surface area contributed by atoms with Crippen molar-refractivity contribution in [3.63, 3.8) is 0 Å². The first kappa shape index (κ1) is 16.2. The number of hydrogen-bond donors (Lipinski definition) is 1. The minimum atomic E-state index is 0.277. The summed E-state index contributed by atoms with van der Waals surface area (Å²) < 4.78 is 1.10. The summed E-state index contributed by atoms with van der Waals surface area (Å²) in [7, 11) is 3.98. The highest BCUT2D eigenvalue weighted by Crippen LogP contribution is 2.30. The first-order chi connectivity index (χ1) is 10.0. The first-order valence-corrected chi connectivity index (χ1v) is 8.17. The third kappa shape index (κ3) is 4.14. The van der Waals surface area contributed by atoms with Gasteiger partial charge in [0.15, 0.2) is 0 Å². The maximum atomic E-state index is 6.33. The molecule has 2 aromatic carbocycles. The van der Waals surface area contributed by atoms with E-state index in [0.717, 1.165) is 27.3 Å². The number of anilines is 2. The average Bonchev–Trinajstić information content (AvgIpc) is 2.45. The van der Waals surface area contributed by atoms with Crippen LogP contribution < -0.4 is 10.2 Å². The zero-order valence-electron chi connectivity index (χ0n) is 12.5. The van der Waals surface area contributed by atoms with Crippen LogP contribution in [0.4, 0.5) is 11.4 Å². The Labute approximate surface area is 140 Å². The second-order valence-electron chi connectivity index (χ2n) is 5.22. The van der Waals surface area contributed by atoms with Gasteiger partial charge in [0.2, 0.25) is 0 Å². The molecule has 0 spiro atoms. The van der Waals surface area contributed by atoms with E-state index in [1.54, 1.807) is 0 Å². The maximum absolute atomic E-state index is 6.33. The van der Waals surface area contributed by atoms with Crippen molar-refractivity contribution in [3.8, 4) is 0 Å². The molecule has 0 heterocycles. The van der Waals surface area contributed by atoms with Crippen molar-refractivity contribution < 1.29 is 0 Å². The molecule has 0 saturated heterocycles. The van der Waals surface area contributed by atoms with Crippen LogP contribution in [0.3, 0.4) is 0 Å². The molecule has 21 heavy (non-hydrogen) atoms. The zero-order chi connectivity index (χ0) is 15.4. The lowest BCUT2D eigenvalue weighted by Gasteiger charge is -2.21. The minimum absolute atomic E-state index is 0.277. The summed E-state index contributed by atoms with van der Waals surface area (Å²) >= 11 is 9.80. The second-order valence-corrected chi connectivity index (χ2v) is 6.54. The lowest BCUT2D eigenvalue weighted by molar-refractivity contribution is 0.749. The Morgan fingerprint density at radius 2 is 1.81 bits per heavy atom. The van der Waals surface area contributed by atoms with E-state index in [9.17, 15) is 0 Å². The van der Waals surface area contributed by atoms with Gasteiger partial charge >= 0.3 is 0 Å². The van der Waals surface area contributed by atoms with Gasteiger partial charge in [0.25, 0.3) is 0 Å². The monoisotopic (exact) mass is 366 g/mol. The van der Waals surface area contributed by atoms with Crippen LogP contribution in [0.5, 0.6) is 0 Å². The van der Waals surface area contributed by atoms with Crippen LogP contribution in [0.1, 0.15) is 24.9 Å². The van der Waals surface area contributed by atoms with Crippen molar-refractivity contribution in [2.45, 2.75) is 19.4 Å². The molecular formula is C17H20BrClN2. The molecule has 0 fully saturated rings. The van der Waals surface area contributed by atoms with E-state index in [2.05, 4.69) is 58.5 Å². The van der Waals surface area contributed by atoms with Gasteiger partial charge < -0.3 is 10.2 Å². The Morgan fingerprint density at radius 3 is 2.33 bits per heavy atom. The van der Waals surface area contributed by atoms with Crippen molar-refractivity contribution in [1.82, 2.24) is 0 Å². The summed E-state index contributed by atoms with van der Waals surface area (Å²) in [5.41, 5.74) is 3.34. The average molecular weight is 368 g/mol. The molecule has 0 aromatic heterocycles. The largest absolute Gasteiger partial charge is 0.378 e. The van der Waals surface area contributed by atoms with Gasteiger partial charge in [-0.1, -0.05) is 46.6 Å². The maximum Gasteiger partial charge on any atom is 0.0659 e. The van der Waals surface area contributed by atoms with Crippen LogP contribution in [0.25, 0.3) is 0 Å². The summed E-state index contributed by atoms with van der Waals surface area (Å²) in [6.07, 6.45) is 1.01. The molecular weight excluding hydrogens is 348 g/mol. The molecule has 1 N–H and O–H groups in total. The van der Waals surface area contributed by atoms with Crippen molar-refractivity contribution >= 4 is 38.9 Å². The van der Waals surface area contributed by atoms with Gasteiger partial charge in [-0.25, -0.2) is 0 Å². The summed E-state index contributed by atoms with van der Waals surface area (Å²) in [4.78, 5) is 2.01. The second kappa shape index (κ2) is 7.19. The molecule has 0 aliphatic heterocycles. The predicted molar refractivity (Wildman–Crippen MR) is 96.6 cm³/mol. The number of nitrogens with zero attached hydrogens (tertiary/aromatic N) is 1. The quantitative estimate of drug-likeness (QED) is 0.725. The Morgan fingerprint density at radius 1 is 1.14 bits per heavy atom. The number of nitrogens with one attached hydrogen (secondary N) is 1. The SMILES string of the molecule is CCC(Nc1ccc(N(C)C)c(Cl)c1)c1ccc(Br)cc1. The first-order valence-electron chi connectivity index (χ1n) is 7.00. The fourth-order valence-corrected chi connectivity index (χ4v) is 2.89. The molecule has 1 unspecified atom stereocenters. The Kier molecular flexibility index (Phi) is 5.54. The van der Waals surface area contributed by atoms with Gasteiger partial charge in [-0.15, -0.1) is 0 Å². The minimum Gasteiger partial charge on any atom is -0.378 e. The molecule has 0 aliphatic rings. The van der Waals surface area contributed by atoms with Crippen molar-refractivity contribution in [2.24, 2.45) is 0 Å². The number of rotatable bonds is 5. The molecule has 112 valence electrons. The Bertz CT molecular complexity index is 596. The van der Waals surface area contributed by atoms with E-state index in [1.807, 2.05) is 31.1 Å². The highest BCUT2D eigenvalue weighted by atomic mass is 79.9. The van der Waals surface area contributed by atoms with Crippen LogP contribution in [-0.2, 0) is 0 Å². The van der Waals surface area contributed by atoms with Gasteiger partial charge in [-0.3, -0.25) is 0 Å². The fourth-order valence-electron chi connectivity index (χ4n) is 2.28.